The number of carboxylic acid groups (broad SMARTS) is 1. The van der Waals surface area contributed by atoms with Gasteiger partial charge in [-0.1, -0.05) is 0 Å². The first-order valence-electron chi connectivity index (χ1n) is 5.00. The van der Waals surface area contributed by atoms with E-state index in [0.717, 1.165) is 22.9 Å². The monoisotopic (exact) mass is 319 g/mol. The lowest BCUT2D eigenvalue weighted by molar-refractivity contribution is -0.136. The average molecular weight is 319 g/mol. The summed E-state index contributed by atoms with van der Waals surface area (Å²) in [6.07, 6.45) is -0.196. The van der Waals surface area contributed by atoms with Gasteiger partial charge < -0.3 is 5.11 Å². The van der Waals surface area contributed by atoms with Gasteiger partial charge in [-0.25, -0.2) is 13.4 Å². The highest BCUT2D eigenvalue weighted by molar-refractivity contribution is 7.94. The predicted molar refractivity (Wildman–Crippen MR) is 71.1 cm³/mol. The lowest BCUT2D eigenvalue weighted by atomic mass is 10.3. The molecule has 0 saturated carbocycles. The van der Waals surface area contributed by atoms with E-state index in [-0.39, 0.29) is 15.8 Å². The van der Waals surface area contributed by atoms with Gasteiger partial charge in [0.05, 0.1) is 6.42 Å². The molecule has 0 fully saturated rings. The predicted octanol–water partition coefficient (Wildman–Crippen LogP) is 1.34. The number of rotatable bonds is 5. The van der Waals surface area contributed by atoms with Crippen molar-refractivity contribution in [2.75, 3.05) is 4.72 Å². The number of sulfonamides is 1. The molecule has 2 rings (SSSR count). The maximum absolute atomic E-state index is 12.0. The molecule has 0 saturated heterocycles. The minimum Gasteiger partial charge on any atom is -0.481 e. The molecule has 0 amide bonds. The van der Waals surface area contributed by atoms with Crippen LogP contribution in [-0.4, -0.2) is 28.9 Å². The van der Waals surface area contributed by atoms with E-state index in [1.807, 2.05) is 0 Å². The molecular formula is C9H9N3O4S3. The van der Waals surface area contributed by atoms with E-state index in [2.05, 4.69) is 14.1 Å². The van der Waals surface area contributed by atoms with Crippen LogP contribution in [-0.2, 0) is 21.2 Å². The Balaban J connectivity index is 2.19. The smallest absolute Gasteiger partial charge is 0.308 e. The number of hydrogen-bond donors (Lipinski definition) is 2. The summed E-state index contributed by atoms with van der Waals surface area (Å²) in [5.41, 5.74) is 0. The van der Waals surface area contributed by atoms with E-state index in [1.165, 1.54) is 12.1 Å². The zero-order valence-corrected chi connectivity index (χ0v) is 12.1. The molecule has 0 aliphatic heterocycles. The van der Waals surface area contributed by atoms with Crippen molar-refractivity contribution >= 4 is 44.0 Å². The van der Waals surface area contributed by atoms with Gasteiger partial charge in [0.15, 0.2) is 0 Å². The average Bonchev–Trinajstić information content (AvgIpc) is 2.87. The summed E-state index contributed by atoms with van der Waals surface area (Å²) in [6.45, 7) is 1.66. The van der Waals surface area contributed by atoms with Gasteiger partial charge in [0.25, 0.3) is 10.0 Å². The van der Waals surface area contributed by atoms with Crippen molar-refractivity contribution in [1.82, 2.24) is 9.36 Å². The molecule has 2 aromatic rings. The van der Waals surface area contributed by atoms with Gasteiger partial charge >= 0.3 is 5.97 Å². The minimum atomic E-state index is -3.73. The Morgan fingerprint density at radius 2 is 2.21 bits per heavy atom. The number of aromatic nitrogens is 2. The van der Waals surface area contributed by atoms with Crippen LogP contribution < -0.4 is 4.72 Å². The second-order valence-corrected chi connectivity index (χ2v) is 7.37. The van der Waals surface area contributed by atoms with Crippen molar-refractivity contribution in [2.24, 2.45) is 0 Å². The summed E-state index contributed by atoms with van der Waals surface area (Å²) >= 11 is 1.87. The van der Waals surface area contributed by atoms with Crippen LogP contribution in [0.2, 0.25) is 0 Å². The highest BCUT2D eigenvalue weighted by Crippen LogP contribution is 2.25. The van der Waals surface area contributed by atoms with Crippen molar-refractivity contribution in [3.8, 4) is 0 Å². The Bertz CT molecular complexity index is 704. The van der Waals surface area contributed by atoms with Crippen LogP contribution in [0.5, 0.6) is 0 Å². The van der Waals surface area contributed by atoms with Crippen LogP contribution in [0.3, 0.4) is 0 Å². The molecule has 2 aromatic heterocycles. The minimum absolute atomic E-state index is 0.0524. The van der Waals surface area contributed by atoms with Gasteiger partial charge in [-0.3, -0.25) is 9.52 Å². The number of aliphatic carboxylic acids is 1. The Kier molecular flexibility index (Phi) is 3.83. The second kappa shape index (κ2) is 5.23. The largest absolute Gasteiger partial charge is 0.481 e. The Labute approximate surface area is 117 Å². The van der Waals surface area contributed by atoms with E-state index >= 15 is 0 Å². The van der Waals surface area contributed by atoms with Gasteiger partial charge in [0.2, 0.25) is 5.13 Å². The van der Waals surface area contributed by atoms with Crippen LogP contribution in [0.1, 0.15) is 10.7 Å². The van der Waals surface area contributed by atoms with Crippen LogP contribution >= 0.6 is 22.9 Å². The second-order valence-electron chi connectivity index (χ2n) is 3.54. The number of nitrogens with one attached hydrogen (secondary N) is 1. The summed E-state index contributed by atoms with van der Waals surface area (Å²) in [5, 5.41) is 8.83. The van der Waals surface area contributed by atoms with Crippen molar-refractivity contribution in [3.05, 3.63) is 22.8 Å². The molecule has 10 heteroatoms. The van der Waals surface area contributed by atoms with E-state index in [9.17, 15) is 13.2 Å². The molecule has 0 bridgehead atoms. The normalized spacial score (nSPS) is 11.4. The number of nitrogens with zero attached hydrogens (tertiary/aromatic N) is 2. The highest BCUT2D eigenvalue weighted by Gasteiger charge is 2.19. The third-order valence-electron chi connectivity index (χ3n) is 1.98. The first kappa shape index (κ1) is 13.9. The van der Waals surface area contributed by atoms with Crippen molar-refractivity contribution in [3.63, 3.8) is 0 Å². The number of anilines is 1. The summed E-state index contributed by atoms with van der Waals surface area (Å²) in [7, 11) is -3.73. The molecule has 0 aliphatic carbocycles. The zero-order chi connectivity index (χ0) is 14.0. The van der Waals surface area contributed by atoms with Crippen molar-refractivity contribution in [1.29, 1.82) is 0 Å². The maximum atomic E-state index is 12.0. The molecule has 102 valence electrons. The fourth-order valence-electron chi connectivity index (χ4n) is 1.25. The lowest BCUT2D eigenvalue weighted by Crippen LogP contribution is -2.11. The van der Waals surface area contributed by atoms with Crippen molar-refractivity contribution in [2.45, 2.75) is 17.6 Å². The number of hydrogen-bond acceptors (Lipinski definition) is 7. The van der Waals surface area contributed by atoms with Gasteiger partial charge in [-0.2, -0.15) is 4.37 Å². The fourth-order valence-corrected chi connectivity index (χ4v) is 4.40. The van der Waals surface area contributed by atoms with Crippen LogP contribution in [0.25, 0.3) is 0 Å². The van der Waals surface area contributed by atoms with E-state index in [4.69, 9.17) is 5.11 Å². The molecular weight excluding hydrogens is 310 g/mol. The first-order valence-corrected chi connectivity index (χ1v) is 8.08. The molecule has 2 heterocycles. The van der Waals surface area contributed by atoms with E-state index in [0.29, 0.717) is 10.7 Å². The Hall–Kier alpha value is -1.52. The van der Waals surface area contributed by atoms with Crippen LogP contribution in [0.15, 0.2) is 16.3 Å². The van der Waals surface area contributed by atoms with Gasteiger partial charge in [0, 0.05) is 16.4 Å². The summed E-state index contributed by atoms with van der Waals surface area (Å²) in [4.78, 5) is 14.9. The fraction of sp³-hybridized carbons (Fsp3) is 0.222. The number of thiophene rings is 1. The highest BCUT2D eigenvalue weighted by atomic mass is 32.2. The Morgan fingerprint density at radius 3 is 2.79 bits per heavy atom. The van der Waals surface area contributed by atoms with Gasteiger partial charge in [-0.05, 0) is 19.1 Å². The topological polar surface area (TPSA) is 109 Å². The van der Waals surface area contributed by atoms with E-state index in [1.54, 1.807) is 6.92 Å². The third kappa shape index (κ3) is 3.49. The molecule has 0 aromatic carbocycles. The molecule has 0 radical (unpaired) electrons. The van der Waals surface area contributed by atoms with E-state index < -0.39 is 16.0 Å². The zero-order valence-electron chi connectivity index (χ0n) is 9.65. The van der Waals surface area contributed by atoms with Gasteiger partial charge in [0.1, 0.15) is 10.0 Å². The van der Waals surface area contributed by atoms with Crippen molar-refractivity contribution < 1.29 is 18.3 Å². The standard InChI is InChI=1S/C9H9N3O4S3/c1-5-10-9(18-11-5)12-19(15,16)8-3-2-6(17-8)4-7(13)14/h2-3H,4H2,1H3,(H,13,14)(H,10,11,12). The molecule has 0 unspecified atom stereocenters. The summed E-state index contributed by atoms with van der Waals surface area (Å²) in [6, 6.07) is 2.86. The maximum Gasteiger partial charge on any atom is 0.308 e. The van der Waals surface area contributed by atoms with Crippen LogP contribution in [0.4, 0.5) is 5.13 Å². The summed E-state index contributed by atoms with van der Waals surface area (Å²) < 4.78 is 30.2. The third-order valence-corrected chi connectivity index (χ3v) is 5.74. The SMILES string of the molecule is Cc1nsc(NS(=O)(=O)c2ccc(CC(=O)O)s2)n1. The molecule has 19 heavy (non-hydrogen) atoms. The number of carboxylic acids is 1. The molecule has 7 nitrogen and oxygen atoms in total. The van der Waals surface area contributed by atoms with Crippen LogP contribution in [0, 0.1) is 6.92 Å². The quantitative estimate of drug-likeness (QED) is 0.860. The first-order chi connectivity index (χ1) is 8.87. The lowest BCUT2D eigenvalue weighted by Gasteiger charge is -2.00. The number of aryl methyl sites for hydroxylation is 1. The Morgan fingerprint density at radius 1 is 1.47 bits per heavy atom. The molecule has 2 N–H and O–H groups in total. The number of carbonyl (C=O) groups is 1. The molecule has 0 atom stereocenters. The van der Waals surface area contributed by atoms with Gasteiger partial charge in [-0.15, -0.1) is 11.3 Å². The summed E-state index contributed by atoms with van der Waals surface area (Å²) in [5.74, 6) is -0.515. The molecule has 0 aliphatic rings. The molecule has 0 spiro atoms.